The zero-order valence-corrected chi connectivity index (χ0v) is 25.4. The fourth-order valence-electron chi connectivity index (χ4n) is 6.42. The van der Waals surface area contributed by atoms with Crippen molar-refractivity contribution in [3.8, 4) is 23.5 Å². The molecule has 0 unspecified atom stereocenters. The van der Waals surface area contributed by atoms with Gasteiger partial charge < -0.3 is 9.13 Å². The lowest BCUT2D eigenvalue weighted by Gasteiger charge is -2.17. The van der Waals surface area contributed by atoms with Crippen LogP contribution >= 0.6 is 0 Å². The number of rotatable bonds is 2. The van der Waals surface area contributed by atoms with Crippen molar-refractivity contribution in [1.82, 2.24) is 9.13 Å². The van der Waals surface area contributed by atoms with E-state index < -0.39 is 63.8 Å². The molecule has 0 aliphatic carbocycles. The standard InChI is InChI=1S/C36H14F12N4/c37-33(38,39)19-1-5-24-25-6-2-20(34(40,41)42)12-29(25)51(28(24)11-19)23-9-17(15-49)32(18(10-23)16-50)52-30-13-21(35(43,44)45)3-7-26(30)27-8-4-22(14-31(27)52)36(46,47)48/h1-14H. The minimum atomic E-state index is -4.92. The molecule has 0 fully saturated rings. The van der Waals surface area contributed by atoms with E-state index in [1.807, 2.05) is 0 Å². The number of nitriles is 2. The zero-order chi connectivity index (χ0) is 37.7. The molecule has 0 aliphatic rings. The molecule has 16 heteroatoms. The third-order valence-electron chi connectivity index (χ3n) is 8.66. The Hall–Kier alpha value is -6.16. The van der Waals surface area contributed by atoms with E-state index in [2.05, 4.69) is 0 Å². The maximum atomic E-state index is 13.9. The number of halogens is 12. The van der Waals surface area contributed by atoms with Crippen molar-refractivity contribution < 1.29 is 52.7 Å². The van der Waals surface area contributed by atoms with E-state index in [1.54, 1.807) is 12.1 Å². The number of hydrogen-bond donors (Lipinski definition) is 0. The second-order valence-corrected chi connectivity index (χ2v) is 11.7. The Kier molecular flexibility index (Phi) is 7.37. The molecule has 2 heterocycles. The average Bonchev–Trinajstić information content (AvgIpc) is 3.57. The van der Waals surface area contributed by atoms with Crippen molar-refractivity contribution in [2.75, 3.05) is 0 Å². The molecule has 5 aromatic carbocycles. The van der Waals surface area contributed by atoms with Crippen molar-refractivity contribution in [2.24, 2.45) is 0 Å². The van der Waals surface area contributed by atoms with Crippen LogP contribution in [-0.2, 0) is 24.7 Å². The Bertz CT molecular complexity index is 2530. The van der Waals surface area contributed by atoms with Gasteiger partial charge in [0.15, 0.2) is 0 Å². The molecular formula is C36H14F12N4. The number of benzene rings is 5. The first kappa shape index (κ1) is 34.3. The minimum Gasteiger partial charge on any atom is -0.309 e. The first-order chi connectivity index (χ1) is 24.2. The van der Waals surface area contributed by atoms with Gasteiger partial charge in [-0.2, -0.15) is 63.2 Å². The number of fused-ring (bicyclic) bond motifs is 6. The highest BCUT2D eigenvalue weighted by Crippen LogP contribution is 2.43. The number of alkyl halides is 12. The summed E-state index contributed by atoms with van der Waals surface area (Å²) in [6.45, 7) is 0. The number of aromatic nitrogens is 2. The fourth-order valence-corrected chi connectivity index (χ4v) is 6.42. The molecule has 4 nitrogen and oxygen atoms in total. The first-order valence-electron chi connectivity index (χ1n) is 14.7. The van der Waals surface area contributed by atoms with Crippen LogP contribution in [0.25, 0.3) is 55.0 Å². The van der Waals surface area contributed by atoms with E-state index in [0.717, 1.165) is 57.7 Å². The van der Waals surface area contributed by atoms with Gasteiger partial charge in [-0.15, -0.1) is 0 Å². The van der Waals surface area contributed by atoms with Crippen LogP contribution in [-0.4, -0.2) is 9.13 Å². The lowest BCUT2D eigenvalue weighted by molar-refractivity contribution is -0.138. The predicted molar refractivity (Wildman–Crippen MR) is 165 cm³/mol. The highest BCUT2D eigenvalue weighted by atomic mass is 19.4. The van der Waals surface area contributed by atoms with E-state index >= 15 is 0 Å². The molecule has 262 valence electrons. The molecule has 52 heavy (non-hydrogen) atoms. The molecular weight excluding hydrogens is 716 g/mol. The van der Waals surface area contributed by atoms with Gasteiger partial charge in [-0.05, 0) is 60.7 Å². The molecule has 0 N–H and O–H groups in total. The molecule has 2 aromatic heterocycles. The summed E-state index contributed by atoms with van der Waals surface area (Å²) in [4.78, 5) is 0. The highest BCUT2D eigenvalue weighted by molar-refractivity contribution is 6.11. The van der Waals surface area contributed by atoms with E-state index in [0.29, 0.717) is 36.4 Å². The normalized spacial score (nSPS) is 13.0. The lowest BCUT2D eigenvalue weighted by atomic mass is 10.1. The summed E-state index contributed by atoms with van der Waals surface area (Å²) in [5.74, 6) is 0. The lowest BCUT2D eigenvalue weighted by Crippen LogP contribution is -2.08. The van der Waals surface area contributed by atoms with Crippen LogP contribution in [0.3, 0.4) is 0 Å². The first-order valence-corrected chi connectivity index (χ1v) is 14.7. The van der Waals surface area contributed by atoms with Gasteiger partial charge in [-0.1, -0.05) is 24.3 Å². The Morgan fingerprint density at radius 1 is 0.385 bits per heavy atom. The highest BCUT2D eigenvalue weighted by Gasteiger charge is 2.35. The average molecular weight is 731 g/mol. The smallest absolute Gasteiger partial charge is 0.309 e. The molecule has 0 spiro atoms. The second kappa shape index (κ2) is 11.2. The Morgan fingerprint density at radius 3 is 0.904 bits per heavy atom. The van der Waals surface area contributed by atoms with Gasteiger partial charge in [0.1, 0.15) is 12.1 Å². The molecule has 7 aromatic rings. The second-order valence-electron chi connectivity index (χ2n) is 11.7. The summed E-state index contributed by atoms with van der Waals surface area (Å²) >= 11 is 0. The van der Waals surface area contributed by atoms with Crippen LogP contribution in [0.1, 0.15) is 33.4 Å². The maximum Gasteiger partial charge on any atom is 0.416 e. The molecule has 0 bridgehead atoms. The summed E-state index contributed by atoms with van der Waals surface area (Å²) in [6.07, 6.45) is -19.6. The van der Waals surface area contributed by atoms with Gasteiger partial charge in [0.2, 0.25) is 0 Å². The Balaban J connectivity index is 1.61. The largest absolute Gasteiger partial charge is 0.416 e. The van der Waals surface area contributed by atoms with Crippen molar-refractivity contribution in [3.05, 3.63) is 118 Å². The van der Waals surface area contributed by atoms with Crippen molar-refractivity contribution >= 4 is 43.6 Å². The van der Waals surface area contributed by atoms with E-state index in [4.69, 9.17) is 0 Å². The molecule has 0 saturated carbocycles. The summed E-state index contributed by atoms with van der Waals surface area (Å²) in [6, 6.07) is 15.0. The third kappa shape index (κ3) is 5.42. The van der Waals surface area contributed by atoms with E-state index in [-0.39, 0.29) is 49.3 Å². The van der Waals surface area contributed by atoms with Crippen molar-refractivity contribution in [3.63, 3.8) is 0 Å². The van der Waals surface area contributed by atoms with Gasteiger partial charge in [-0.3, -0.25) is 0 Å². The zero-order valence-electron chi connectivity index (χ0n) is 25.4. The van der Waals surface area contributed by atoms with Crippen LogP contribution in [0, 0.1) is 22.7 Å². The van der Waals surface area contributed by atoms with Gasteiger partial charge in [-0.25, -0.2) is 0 Å². The van der Waals surface area contributed by atoms with Gasteiger partial charge in [0.05, 0.1) is 61.1 Å². The van der Waals surface area contributed by atoms with Crippen LogP contribution in [0.2, 0.25) is 0 Å². The quantitative estimate of drug-likeness (QED) is 0.166. The summed E-state index contributed by atoms with van der Waals surface area (Å²) < 4.78 is 168. The minimum absolute atomic E-state index is 0.0235. The van der Waals surface area contributed by atoms with Gasteiger partial charge in [0, 0.05) is 27.2 Å². The number of hydrogen-bond acceptors (Lipinski definition) is 2. The molecule has 0 aliphatic heterocycles. The summed E-state index contributed by atoms with van der Waals surface area (Å²) in [7, 11) is 0. The summed E-state index contributed by atoms with van der Waals surface area (Å²) in [5, 5.41) is 20.9. The fraction of sp³-hybridized carbons (Fsp3) is 0.111. The monoisotopic (exact) mass is 730 g/mol. The molecule has 0 amide bonds. The van der Waals surface area contributed by atoms with Crippen molar-refractivity contribution in [2.45, 2.75) is 24.7 Å². The molecule has 0 atom stereocenters. The van der Waals surface area contributed by atoms with E-state index in [1.165, 1.54) is 0 Å². The van der Waals surface area contributed by atoms with Gasteiger partial charge >= 0.3 is 24.7 Å². The van der Waals surface area contributed by atoms with Gasteiger partial charge in [0.25, 0.3) is 0 Å². The molecule has 0 radical (unpaired) electrons. The van der Waals surface area contributed by atoms with E-state index in [9.17, 15) is 63.2 Å². The van der Waals surface area contributed by atoms with Crippen molar-refractivity contribution in [1.29, 1.82) is 10.5 Å². The van der Waals surface area contributed by atoms with Crippen LogP contribution in [0.4, 0.5) is 52.7 Å². The Morgan fingerprint density at radius 2 is 0.654 bits per heavy atom. The Labute approximate surface area is 282 Å². The third-order valence-corrected chi connectivity index (χ3v) is 8.66. The predicted octanol–water partition coefficient (Wildman–Crippen LogP) is 11.7. The topological polar surface area (TPSA) is 57.4 Å². The SMILES string of the molecule is N#Cc1cc(-n2c3cc(C(F)(F)F)ccc3c3ccc(C(F)(F)F)cc32)cc(C#N)c1-n1c2cc(C(F)(F)F)ccc2c2ccc(C(F)(F)F)cc21. The van der Waals surface area contributed by atoms with Crippen LogP contribution in [0.5, 0.6) is 0 Å². The molecule has 7 rings (SSSR count). The van der Waals surface area contributed by atoms with Crippen LogP contribution < -0.4 is 0 Å². The molecule has 0 saturated heterocycles. The summed E-state index contributed by atoms with van der Waals surface area (Å²) in [5.41, 5.74) is -7.85. The van der Waals surface area contributed by atoms with Crippen LogP contribution in [0.15, 0.2) is 84.9 Å². The maximum absolute atomic E-state index is 13.9. The number of nitrogens with zero attached hydrogens (tertiary/aromatic N) is 4.